The molecule has 0 aromatic heterocycles. The first-order valence-electron chi connectivity index (χ1n) is 38.7. The van der Waals surface area contributed by atoms with E-state index < -0.39 is 5.82 Å². The number of hydrogen-bond donors (Lipinski definition) is 9. The van der Waals surface area contributed by atoms with Crippen LogP contribution < -0.4 is 42.0 Å². The van der Waals surface area contributed by atoms with E-state index in [1.54, 1.807) is 43.5 Å². The maximum absolute atomic E-state index is 13.2. The van der Waals surface area contributed by atoms with Gasteiger partial charge in [0.05, 0.1) is 70.3 Å². The maximum atomic E-state index is 13.2. The molecule has 682 valence electrons. The minimum Gasteiger partial charge on any atom is -0.497 e. The Morgan fingerprint density at radius 1 is 0.315 bits per heavy atom. The van der Waals surface area contributed by atoms with Gasteiger partial charge in [-0.15, -0.1) is 45.0 Å². The molecule has 0 unspecified atom stereocenters. The monoisotopic (exact) mass is 2040 g/mol. The second-order valence-electron chi connectivity index (χ2n) is 27.4. The Hall–Kier alpha value is -9.65. The maximum Gasteiger partial charge on any atom is 0.232 e. The minimum absolute atomic E-state index is 0.0260. The van der Waals surface area contributed by atoms with Gasteiger partial charge in [0, 0.05) is 166 Å². The van der Waals surface area contributed by atoms with Crippen LogP contribution in [0, 0.1) is 113 Å². The summed E-state index contributed by atoms with van der Waals surface area (Å²) in [7, 11) is 1.58. The van der Waals surface area contributed by atoms with Crippen LogP contribution in [0.2, 0.25) is 40.2 Å². The molecule has 33 heteroatoms. The molecular formula is C97H94Cl8FN7O10S7. The van der Waals surface area contributed by atoms with E-state index in [1.807, 2.05) is 93.6 Å². The number of ether oxygens (including phenoxy) is 1. The summed E-state index contributed by atoms with van der Waals surface area (Å²) in [5, 5.41) is 40.8. The Labute approximate surface area is 839 Å². The van der Waals surface area contributed by atoms with Gasteiger partial charge in [-0.3, -0.25) is 33.6 Å². The van der Waals surface area contributed by atoms with Crippen LogP contribution in [0.25, 0.3) is 0 Å². The van der Waals surface area contributed by atoms with Gasteiger partial charge in [0.2, 0.25) is 41.4 Å². The van der Waals surface area contributed by atoms with Crippen LogP contribution in [0.5, 0.6) is 5.75 Å². The zero-order valence-electron chi connectivity index (χ0n) is 71.3. The molecule has 7 aromatic carbocycles. The molecule has 0 fully saturated rings. The molecule has 17 nitrogen and oxygen atoms in total. The Bertz CT molecular complexity index is 5120. The van der Waals surface area contributed by atoms with Crippen molar-refractivity contribution in [1.29, 1.82) is 0 Å². The van der Waals surface area contributed by atoms with Crippen LogP contribution >= 0.6 is 178 Å². The van der Waals surface area contributed by atoms with Crippen LogP contribution in [0.15, 0.2) is 121 Å². The molecule has 130 heavy (non-hydrogen) atoms. The molecule has 0 spiro atoms. The Morgan fingerprint density at radius 3 is 0.846 bits per heavy atom. The van der Waals surface area contributed by atoms with Crippen molar-refractivity contribution < 1.29 is 52.9 Å². The predicted octanol–water partition coefficient (Wildman–Crippen LogP) is 17.5. The van der Waals surface area contributed by atoms with E-state index in [1.165, 1.54) is 12.1 Å². The standard InChI is InChI=1S/C14H13Cl2NO2S.2C14H14ClNO2S.3C14H14ClNOS.C13H11ClFNOS/c1-2-3-14(19)17-7-10(20)4-9-5-12(15)11(8-18)13(16)6-9;1-3-4-14(17)16-9-13(19)7-10-5-11(15)8-12(6-10)18-2;1-2-3-14(18)16-8-12(19)6-10-4-5-11(9-17)13(15)7-10;1-3-4-14(17)16-9-12(18)8-11-5-6-13(15)10(2)7-11;2*1-3-4-14(17)16-9-12(18)7-11-6-5-10(2)13(15)8-11;1-2-3-13(17)16-8-10(18)6-9-4-5-11(14)12(15)7-9/h1,5-6,18H,3-4,7-8H2,(H,17,19);1,5-6,8H,4,7,9H2,2H3,(H,16,17);1,4-5,7,17H,3,6,8-9H2,(H,16,18);1,5-7H,4,8-9H2,2H3,(H,16,17);2*1,5-6,8H,4,7,9H2,2H3,(H,16,17);1,4-5,7H,3,6,8H2,(H,16,17). The highest BCUT2D eigenvalue weighted by atomic mass is 35.5. The molecule has 7 amide bonds. The number of halogens is 9. The molecule has 0 atom stereocenters. The average Bonchev–Trinajstić information content (AvgIpc) is 0.839. The number of hydrogen-bond acceptors (Lipinski definition) is 17. The molecule has 0 saturated heterocycles. The van der Waals surface area contributed by atoms with Gasteiger partial charge in [0.25, 0.3) is 0 Å². The molecule has 0 aliphatic heterocycles. The molecule has 0 heterocycles. The zero-order valence-corrected chi connectivity index (χ0v) is 83.0. The van der Waals surface area contributed by atoms with Crippen molar-refractivity contribution in [2.45, 2.75) is 124 Å². The number of methoxy groups -OCH3 is 1. The van der Waals surface area contributed by atoms with E-state index in [2.05, 4.69) is 78.7 Å². The van der Waals surface area contributed by atoms with E-state index in [0.29, 0.717) is 140 Å². The average molecular weight is 2040 g/mol. The second-order valence-corrected chi connectivity index (χ2v) is 34.7. The van der Waals surface area contributed by atoms with Crippen molar-refractivity contribution in [3.63, 3.8) is 0 Å². The number of nitrogens with one attached hydrogen (secondary N) is 7. The Morgan fingerprint density at radius 2 is 0.577 bits per heavy atom. The number of terminal acetylenes is 7. The smallest absolute Gasteiger partial charge is 0.232 e. The van der Waals surface area contributed by atoms with Gasteiger partial charge in [-0.2, -0.15) is 0 Å². The summed E-state index contributed by atoms with van der Waals surface area (Å²) in [6.45, 7) is 7.79. The molecule has 0 bridgehead atoms. The lowest BCUT2D eigenvalue weighted by Gasteiger charge is -2.09. The first-order valence-corrected chi connectivity index (χ1v) is 44.6. The molecule has 0 aliphatic rings. The fraction of sp³-hybridized carbons (Fsp3) is 0.278. The lowest BCUT2D eigenvalue weighted by molar-refractivity contribution is -0.120. The number of amides is 7. The first kappa shape index (κ1) is 118. The largest absolute Gasteiger partial charge is 0.497 e. The summed E-state index contributed by atoms with van der Waals surface area (Å²) in [5.74, 6) is 14.7. The molecule has 0 saturated carbocycles. The third-order valence-electron chi connectivity index (χ3n) is 16.5. The van der Waals surface area contributed by atoms with E-state index in [-0.39, 0.29) is 118 Å². The molecule has 0 aliphatic carbocycles. The van der Waals surface area contributed by atoms with Gasteiger partial charge in [-0.1, -0.05) is 274 Å². The third kappa shape index (κ3) is 54.2. The lowest BCUT2D eigenvalue weighted by atomic mass is 10.1. The Balaban J connectivity index is 0.000000759. The molecule has 7 rings (SSSR count). The zero-order chi connectivity index (χ0) is 97.8. The quantitative estimate of drug-likeness (QED) is 0.0129. The van der Waals surface area contributed by atoms with Crippen LogP contribution in [0.4, 0.5) is 4.39 Å². The molecule has 9 N–H and O–H groups in total. The van der Waals surface area contributed by atoms with Crippen LogP contribution in [-0.4, -0.2) is 139 Å². The van der Waals surface area contributed by atoms with Gasteiger partial charge in [0.1, 0.15) is 11.6 Å². The van der Waals surface area contributed by atoms with Crippen molar-refractivity contribution in [2.24, 2.45) is 0 Å². The summed E-state index contributed by atoms with van der Waals surface area (Å²) in [6, 6.07) is 36.2. The molecular weight excluding hydrogens is 1950 g/mol. The van der Waals surface area contributed by atoms with Gasteiger partial charge in [0.15, 0.2) is 0 Å². The third-order valence-corrected chi connectivity index (χ3v) is 21.3. The van der Waals surface area contributed by atoms with E-state index in [9.17, 15) is 38.0 Å². The van der Waals surface area contributed by atoms with E-state index in [0.717, 1.165) is 79.7 Å². The topological polar surface area (TPSA) is 253 Å². The fourth-order valence-electron chi connectivity index (χ4n) is 10.0. The lowest BCUT2D eigenvalue weighted by Crippen LogP contribution is -2.28. The number of rotatable bonds is 38. The van der Waals surface area contributed by atoms with Crippen LogP contribution in [0.1, 0.15) is 112 Å². The number of carbonyl (C=O) groups is 7. The summed E-state index contributed by atoms with van der Waals surface area (Å²) < 4.78 is 18.3. The highest BCUT2D eigenvalue weighted by Crippen LogP contribution is 2.28. The highest BCUT2D eigenvalue weighted by Gasteiger charge is 2.15. The van der Waals surface area contributed by atoms with E-state index in [4.69, 9.17) is 238 Å². The molecule has 0 radical (unpaired) electrons. The predicted molar refractivity (Wildman–Crippen MR) is 557 cm³/mol. The highest BCUT2D eigenvalue weighted by molar-refractivity contribution is 7.81. The minimum atomic E-state index is -0.478. The summed E-state index contributed by atoms with van der Waals surface area (Å²) >= 11 is 83.8. The SMILES string of the molecule is C#CCC(=O)NCC(=S)Cc1cc(Cl)c(CO)c(Cl)c1.C#CCC(=O)NCC(=S)Cc1cc(Cl)cc(OC)c1.C#CCC(=O)NCC(=S)Cc1ccc(C)c(Cl)c1.C#CCC(=O)NCC(=S)Cc1ccc(C)c(Cl)c1.C#CCC(=O)NCC(=S)Cc1ccc(CO)c(Cl)c1.C#CCC(=O)NCC(=S)Cc1ccc(Cl)c(C)c1.C#CCC(=O)NCC(=S)Cc1ccc(Cl)c(F)c1. The van der Waals surface area contributed by atoms with Gasteiger partial charge < -0.3 is 52.2 Å². The summed E-state index contributed by atoms with van der Waals surface area (Å²) in [5.41, 5.74) is 10.9. The summed E-state index contributed by atoms with van der Waals surface area (Å²) in [6.07, 6.45) is 39.4. The number of aliphatic hydroxyl groups excluding tert-OH is 2. The normalized spacial score (nSPS) is 9.66. The number of aliphatic hydroxyl groups is 2. The van der Waals surface area contributed by atoms with Crippen molar-refractivity contribution in [3.05, 3.63) is 234 Å². The second kappa shape index (κ2) is 68.4. The number of aryl methyl sites for hydroxylation is 3. The van der Waals surface area contributed by atoms with E-state index >= 15 is 0 Å². The van der Waals surface area contributed by atoms with Crippen molar-refractivity contribution in [2.75, 3.05) is 52.9 Å². The Kier molecular flexibility index (Phi) is 62.3. The van der Waals surface area contributed by atoms with Crippen LogP contribution in [0.3, 0.4) is 0 Å². The number of thiocarbonyl (C=S) groups is 7. The van der Waals surface area contributed by atoms with Crippen molar-refractivity contribution in [1.82, 2.24) is 37.2 Å². The number of benzene rings is 7. The first-order chi connectivity index (χ1) is 61.7. The van der Waals surface area contributed by atoms with Gasteiger partial charge in [-0.05, 0) is 149 Å². The fourth-order valence-corrected chi connectivity index (χ4v) is 13.5. The van der Waals surface area contributed by atoms with Gasteiger partial charge in [-0.25, -0.2) is 4.39 Å². The van der Waals surface area contributed by atoms with Gasteiger partial charge >= 0.3 is 0 Å². The van der Waals surface area contributed by atoms with Crippen LogP contribution in [-0.2, 0) is 91.7 Å². The van der Waals surface area contributed by atoms with Crippen molar-refractivity contribution in [3.8, 4) is 92.2 Å². The summed E-state index contributed by atoms with van der Waals surface area (Å²) in [4.78, 5) is 83.1. The molecule has 7 aromatic rings. The van der Waals surface area contributed by atoms with Crippen molar-refractivity contribution >= 4 is 254 Å². The number of carbonyl (C=O) groups excluding carboxylic acids is 7.